The van der Waals surface area contributed by atoms with E-state index in [0.29, 0.717) is 31.1 Å². The van der Waals surface area contributed by atoms with Crippen molar-refractivity contribution in [2.75, 3.05) is 23.8 Å². The largest absolute Gasteiger partial charge is 0.486 e. The fourth-order valence-corrected chi connectivity index (χ4v) is 4.44. The lowest BCUT2D eigenvalue weighted by atomic mass is 10.1. The molecule has 0 radical (unpaired) electrons. The fraction of sp³-hybridized carbons (Fsp3) is 0.292. The number of anilines is 2. The van der Waals surface area contributed by atoms with Crippen LogP contribution in [0, 0.1) is 0 Å². The predicted octanol–water partition coefficient (Wildman–Crippen LogP) is 4.42. The minimum atomic E-state index is -0.360. The number of rotatable bonds is 7. The van der Waals surface area contributed by atoms with Crippen molar-refractivity contribution >= 4 is 35.0 Å². The smallest absolute Gasteiger partial charge is 0.237 e. The lowest BCUT2D eigenvalue weighted by molar-refractivity contribution is -0.115. The minimum Gasteiger partial charge on any atom is -0.486 e. The number of fused-ring (bicyclic) bond motifs is 1. The van der Waals surface area contributed by atoms with E-state index in [4.69, 9.17) is 9.47 Å². The third-order valence-electron chi connectivity index (χ3n) is 5.10. The van der Waals surface area contributed by atoms with Crippen molar-refractivity contribution in [3.63, 3.8) is 0 Å². The Balaban J connectivity index is 1.45. The first-order valence-corrected chi connectivity index (χ1v) is 11.6. The number of imidazole rings is 1. The van der Waals surface area contributed by atoms with E-state index in [1.165, 1.54) is 18.7 Å². The molecule has 2 N–H and O–H groups in total. The van der Waals surface area contributed by atoms with Crippen LogP contribution < -0.4 is 20.1 Å². The zero-order valence-electron chi connectivity index (χ0n) is 18.8. The first-order chi connectivity index (χ1) is 15.9. The summed E-state index contributed by atoms with van der Waals surface area (Å²) < 4.78 is 13.4. The summed E-state index contributed by atoms with van der Waals surface area (Å²) in [6.07, 6.45) is 1.82. The van der Waals surface area contributed by atoms with Gasteiger partial charge in [-0.25, -0.2) is 4.98 Å². The monoisotopic (exact) mass is 466 g/mol. The molecule has 2 amide bonds. The van der Waals surface area contributed by atoms with E-state index in [2.05, 4.69) is 27.1 Å². The molecule has 1 aliphatic rings. The van der Waals surface area contributed by atoms with Crippen LogP contribution in [0.25, 0.3) is 11.3 Å². The maximum absolute atomic E-state index is 12.7. The average Bonchev–Trinajstić information content (AvgIpc) is 3.22. The lowest BCUT2D eigenvalue weighted by Gasteiger charge is -2.19. The minimum absolute atomic E-state index is 0.126. The van der Waals surface area contributed by atoms with Gasteiger partial charge in [-0.2, -0.15) is 0 Å². The maximum atomic E-state index is 12.7. The molecular formula is C24H26N4O4S. The molecule has 0 aliphatic carbocycles. The first-order valence-electron chi connectivity index (χ1n) is 10.8. The number of carbonyl (C=O) groups excluding carboxylic acids is 2. The second-order valence-electron chi connectivity index (χ2n) is 7.54. The van der Waals surface area contributed by atoms with E-state index in [0.717, 1.165) is 27.9 Å². The van der Waals surface area contributed by atoms with E-state index in [9.17, 15) is 9.59 Å². The SMILES string of the molecule is CCn1c(-c2ccc3c(c2)OCCO3)cnc1SC(C)C(=O)Nc1ccc(NC(C)=O)cc1. The standard InChI is InChI=1S/C24H26N4O4S/c1-4-28-20(17-5-10-21-22(13-17)32-12-11-31-21)14-25-24(28)33-15(2)23(30)27-19-8-6-18(7-9-19)26-16(3)29/h5-10,13-15H,4,11-12H2,1-3H3,(H,26,29)(H,27,30). The number of nitrogens with one attached hydrogen (secondary N) is 2. The van der Waals surface area contributed by atoms with Gasteiger partial charge in [0, 0.05) is 30.4 Å². The summed E-state index contributed by atoms with van der Waals surface area (Å²) in [6, 6.07) is 12.9. The third kappa shape index (κ3) is 5.31. The highest BCUT2D eigenvalue weighted by Crippen LogP contribution is 2.36. The molecule has 172 valence electrons. The van der Waals surface area contributed by atoms with E-state index < -0.39 is 0 Å². The van der Waals surface area contributed by atoms with Gasteiger partial charge in [-0.15, -0.1) is 0 Å². The Morgan fingerprint density at radius 2 is 1.73 bits per heavy atom. The van der Waals surface area contributed by atoms with Gasteiger partial charge < -0.3 is 24.7 Å². The highest BCUT2D eigenvalue weighted by atomic mass is 32.2. The molecule has 0 fully saturated rings. The molecule has 2 aromatic carbocycles. The van der Waals surface area contributed by atoms with Gasteiger partial charge in [0.15, 0.2) is 16.7 Å². The molecule has 33 heavy (non-hydrogen) atoms. The van der Waals surface area contributed by atoms with Crippen LogP contribution in [-0.2, 0) is 16.1 Å². The van der Waals surface area contributed by atoms with E-state index in [1.54, 1.807) is 24.3 Å². The highest BCUT2D eigenvalue weighted by Gasteiger charge is 2.20. The Morgan fingerprint density at radius 1 is 1.06 bits per heavy atom. The zero-order chi connectivity index (χ0) is 23.4. The summed E-state index contributed by atoms with van der Waals surface area (Å²) >= 11 is 1.40. The number of amides is 2. The van der Waals surface area contributed by atoms with Gasteiger partial charge in [-0.1, -0.05) is 11.8 Å². The van der Waals surface area contributed by atoms with Crippen molar-refractivity contribution < 1.29 is 19.1 Å². The summed E-state index contributed by atoms with van der Waals surface area (Å²) in [7, 11) is 0. The number of ether oxygens (including phenoxy) is 2. The molecule has 1 aliphatic heterocycles. The Labute approximate surface area is 196 Å². The molecule has 0 spiro atoms. The molecule has 4 rings (SSSR count). The molecule has 2 heterocycles. The molecule has 1 atom stereocenters. The van der Waals surface area contributed by atoms with Crippen LogP contribution in [0.4, 0.5) is 11.4 Å². The Morgan fingerprint density at radius 3 is 2.39 bits per heavy atom. The van der Waals surface area contributed by atoms with Gasteiger partial charge in [0.1, 0.15) is 13.2 Å². The topological polar surface area (TPSA) is 94.5 Å². The van der Waals surface area contributed by atoms with Crippen LogP contribution in [0.2, 0.25) is 0 Å². The van der Waals surface area contributed by atoms with Crippen LogP contribution in [0.15, 0.2) is 53.8 Å². The van der Waals surface area contributed by atoms with Gasteiger partial charge >= 0.3 is 0 Å². The quantitative estimate of drug-likeness (QED) is 0.501. The molecule has 8 nitrogen and oxygen atoms in total. The van der Waals surface area contributed by atoms with Crippen LogP contribution in [0.1, 0.15) is 20.8 Å². The van der Waals surface area contributed by atoms with Crippen molar-refractivity contribution in [2.45, 2.75) is 37.7 Å². The predicted molar refractivity (Wildman–Crippen MR) is 129 cm³/mol. The normalized spacial score (nSPS) is 13.3. The number of hydrogen-bond acceptors (Lipinski definition) is 6. The summed E-state index contributed by atoms with van der Waals surface area (Å²) in [6.45, 7) is 7.16. The molecule has 3 aromatic rings. The van der Waals surface area contributed by atoms with Crippen LogP contribution in [-0.4, -0.2) is 39.8 Å². The Kier molecular flexibility index (Phi) is 6.88. The first kappa shape index (κ1) is 22.7. The second kappa shape index (κ2) is 9.99. The molecular weight excluding hydrogens is 440 g/mol. The third-order valence-corrected chi connectivity index (χ3v) is 6.20. The van der Waals surface area contributed by atoms with Crippen LogP contribution >= 0.6 is 11.8 Å². The number of hydrogen-bond donors (Lipinski definition) is 2. The number of thioether (sulfide) groups is 1. The van der Waals surface area contributed by atoms with E-state index in [-0.39, 0.29) is 17.1 Å². The van der Waals surface area contributed by atoms with Gasteiger partial charge in [0.05, 0.1) is 17.1 Å². The molecule has 0 bridgehead atoms. The van der Waals surface area contributed by atoms with Crippen molar-refractivity contribution in [2.24, 2.45) is 0 Å². The van der Waals surface area contributed by atoms with E-state index in [1.807, 2.05) is 31.3 Å². The number of benzene rings is 2. The maximum Gasteiger partial charge on any atom is 0.237 e. The molecule has 0 saturated heterocycles. The summed E-state index contributed by atoms with van der Waals surface area (Å²) in [4.78, 5) is 28.5. The lowest BCUT2D eigenvalue weighted by Crippen LogP contribution is -2.23. The van der Waals surface area contributed by atoms with Gasteiger partial charge in [-0.05, 0) is 56.3 Å². The van der Waals surface area contributed by atoms with Crippen LogP contribution in [0.5, 0.6) is 11.5 Å². The summed E-state index contributed by atoms with van der Waals surface area (Å²) in [5.74, 6) is 1.21. The molecule has 9 heteroatoms. The van der Waals surface area contributed by atoms with Gasteiger partial charge in [0.2, 0.25) is 11.8 Å². The van der Waals surface area contributed by atoms with Crippen molar-refractivity contribution in [1.29, 1.82) is 0 Å². The van der Waals surface area contributed by atoms with E-state index >= 15 is 0 Å². The van der Waals surface area contributed by atoms with Gasteiger partial charge in [0.25, 0.3) is 0 Å². The van der Waals surface area contributed by atoms with Gasteiger partial charge in [-0.3, -0.25) is 9.59 Å². The molecule has 0 saturated carbocycles. The van der Waals surface area contributed by atoms with Crippen molar-refractivity contribution in [3.05, 3.63) is 48.7 Å². The molecule has 1 unspecified atom stereocenters. The zero-order valence-corrected chi connectivity index (χ0v) is 19.6. The Hall–Kier alpha value is -3.46. The number of carbonyl (C=O) groups is 2. The summed E-state index contributed by atoms with van der Waals surface area (Å²) in [5.41, 5.74) is 3.28. The number of nitrogens with zero attached hydrogens (tertiary/aromatic N) is 2. The highest BCUT2D eigenvalue weighted by molar-refractivity contribution is 8.00. The average molecular weight is 467 g/mol. The van der Waals surface area contributed by atoms with Crippen molar-refractivity contribution in [1.82, 2.24) is 9.55 Å². The van der Waals surface area contributed by atoms with Crippen LogP contribution in [0.3, 0.4) is 0 Å². The second-order valence-corrected chi connectivity index (χ2v) is 8.84. The fourth-order valence-electron chi connectivity index (χ4n) is 3.49. The summed E-state index contributed by atoms with van der Waals surface area (Å²) in [5, 5.41) is 6.03. The Bertz CT molecular complexity index is 1160. The number of aromatic nitrogens is 2. The molecule has 1 aromatic heterocycles. The van der Waals surface area contributed by atoms with Crippen molar-refractivity contribution in [3.8, 4) is 22.8 Å².